The van der Waals surface area contributed by atoms with Crippen LogP contribution in [0.25, 0.3) is 10.8 Å². The smallest absolute Gasteiger partial charge is 0.169 e. The van der Waals surface area contributed by atoms with E-state index in [-0.39, 0.29) is 23.1 Å². The van der Waals surface area contributed by atoms with Crippen molar-refractivity contribution in [1.29, 1.82) is 0 Å². The second-order valence-electron chi connectivity index (χ2n) is 5.04. The second kappa shape index (κ2) is 5.10. The van der Waals surface area contributed by atoms with Crippen molar-refractivity contribution in [2.75, 3.05) is 13.1 Å². The summed E-state index contributed by atoms with van der Waals surface area (Å²) in [5.74, 6) is -0.469. The van der Waals surface area contributed by atoms with Gasteiger partial charge in [-0.1, -0.05) is 30.3 Å². The maximum absolute atomic E-state index is 14.4. The Morgan fingerprint density at radius 1 is 1.11 bits per heavy atom. The van der Waals surface area contributed by atoms with Gasteiger partial charge in [0.2, 0.25) is 0 Å². The highest BCUT2D eigenvalue weighted by molar-refractivity contribution is 6.01. The van der Waals surface area contributed by atoms with E-state index in [0.29, 0.717) is 5.39 Å². The summed E-state index contributed by atoms with van der Waals surface area (Å²) in [7, 11) is 0. The van der Waals surface area contributed by atoms with Crippen LogP contribution < -0.4 is 5.32 Å². The summed E-state index contributed by atoms with van der Waals surface area (Å²) in [6.07, 6.45) is 1.59. The van der Waals surface area contributed by atoms with E-state index in [1.807, 2.05) is 18.2 Å². The predicted octanol–water partition coefficient (Wildman–Crippen LogP) is 3.16. The first kappa shape index (κ1) is 12.3. The average Bonchev–Trinajstić information content (AvgIpc) is 2.48. The summed E-state index contributed by atoms with van der Waals surface area (Å²) < 4.78 is 14.4. The summed E-state index contributed by atoms with van der Waals surface area (Å²) in [5.41, 5.74) is 0.241. The van der Waals surface area contributed by atoms with E-state index in [0.717, 1.165) is 31.3 Å². The molecule has 3 rings (SSSR count). The zero-order chi connectivity index (χ0) is 13.2. The van der Waals surface area contributed by atoms with Crippen LogP contribution in [0.4, 0.5) is 4.39 Å². The van der Waals surface area contributed by atoms with Gasteiger partial charge in [0.15, 0.2) is 5.78 Å². The number of Topliss-reactive ketones (excluding diaryl/α,β-unsaturated/α-hetero) is 1. The summed E-state index contributed by atoms with van der Waals surface area (Å²) >= 11 is 0. The number of rotatable bonds is 2. The number of hydrogen-bond donors (Lipinski definition) is 1. The van der Waals surface area contributed by atoms with Crippen molar-refractivity contribution < 1.29 is 9.18 Å². The topological polar surface area (TPSA) is 29.1 Å². The summed E-state index contributed by atoms with van der Waals surface area (Å²) in [6, 6.07) is 10.7. The zero-order valence-electron chi connectivity index (χ0n) is 10.7. The van der Waals surface area contributed by atoms with Crippen molar-refractivity contribution in [3.8, 4) is 0 Å². The molecule has 1 aliphatic rings. The molecular formula is C16H16FNO. The summed E-state index contributed by atoms with van der Waals surface area (Å²) in [6.45, 7) is 1.68. The number of carbonyl (C=O) groups is 1. The number of fused-ring (bicyclic) bond motifs is 1. The van der Waals surface area contributed by atoms with E-state index in [1.54, 1.807) is 18.2 Å². The molecule has 2 nitrogen and oxygen atoms in total. The molecular weight excluding hydrogens is 241 g/mol. The minimum Gasteiger partial charge on any atom is -0.317 e. The molecule has 0 aliphatic carbocycles. The number of carbonyl (C=O) groups excluding carboxylic acids is 1. The van der Waals surface area contributed by atoms with Gasteiger partial charge < -0.3 is 5.32 Å². The molecule has 98 valence electrons. The van der Waals surface area contributed by atoms with Crippen LogP contribution in [0.15, 0.2) is 36.4 Å². The lowest BCUT2D eigenvalue weighted by Crippen LogP contribution is -2.32. The van der Waals surface area contributed by atoms with Crippen LogP contribution in [-0.4, -0.2) is 18.9 Å². The Morgan fingerprint density at radius 2 is 1.84 bits per heavy atom. The minimum atomic E-state index is -0.373. The Kier molecular flexibility index (Phi) is 3.30. The Balaban J connectivity index is 2.00. The number of halogens is 1. The number of hydrogen-bond acceptors (Lipinski definition) is 2. The molecule has 1 fully saturated rings. The molecule has 0 bridgehead atoms. The van der Waals surface area contributed by atoms with Gasteiger partial charge in [-0.05, 0) is 37.4 Å². The Morgan fingerprint density at radius 3 is 2.63 bits per heavy atom. The number of nitrogens with one attached hydrogen (secondary N) is 1. The van der Waals surface area contributed by atoms with E-state index >= 15 is 0 Å². The molecule has 0 atom stereocenters. The normalized spacial score (nSPS) is 16.7. The van der Waals surface area contributed by atoms with Crippen LogP contribution in [0.1, 0.15) is 23.2 Å². The van der Waals surface area contributed by atoms with E-state index in [9.17, 15) is 9.18 Å². The molecule has 0 spiro atoms. The Labute approximate surface area is 111 Å². The lowest BCUT2D eigenvalue weighted by molar-refractivity contribution is 0.0891. The van der Waals surface area contributed by atoms with Crippen LogP contribution in [0.2, 0.25) is 0 Å². The number of piperidine rings is 1. The number of benzene rings is 2. The van der Waals surface area contributed by atoms with Crippen LogP contribution in [0.3, 0.4) is 0 Å². The van der Waals surface area contributed by atoms with Crippen molar-refractivity contribution in [1.82, 2.24) is 5.32 Å². The van der Waals surface area contributed by atoms with Crippen molar-refractivity contribution >= 4 is 16.6 Å². The third kappa shape index (κ3) is 2.26. The lowest BCUT2D eigenvalue weighted by Gasteiger charge is -2.21. The highest BCUT2D eigenvalue weighted by Crippen LogP contribution is 2.25. The molecule has 0 amide bonds. The van der Waals surface area contributed by atoms with E-state index in [1.165, 1.54) is 0 Å². The second-order valence-corrected chi connectivity index (χ2v) is 5.04. The first-order chi connectivity index (χ1) is 9.27. The standard InChI is InChI=1S/C16H16FNO/c17-15-13-4-2-1-3-11(13)5-6-14(15)16(19)12-7-9-18-10-8-12/h1-6,12,18H,7-10H2. The van der Waals surface area contributed by atoms with Gasteiger partial charge in [-0.3, -0.25) is 4.79 Å². The average molecular weight is 257 g/mol. The first-order valence-corrected chi connectivity index (χ1v) is 6.69. The van der Waals surface area contributed by atoms with Crippen LogP contribution in [0.5, 0.6) is 0 Å². The fourth-order valence-electron chi connectivity index (χ4n) is 2.73. The Hall–Kier alpha value is -1.74. The van der Waals surface area contributed by atoms with Gasteiger partial charge in [-0.2, -0.15) is 0 Å². The monoisotopic (exact) mass is 257 g/mol. The number of ketones is 1. The van der Waals surface area contributed by atoms with Crippen LogP contribution in [-0.2, 0) is 0 Å². The van der Waals surface area contributed by atoms with E-state index in [2.05, 4.69) is 5.32 Å². The molecule has 2 aromatic carbocycles. The molecule has 2 aromatic rings. The molecule has 1 heterocycles. The molecule has 0 saturated carbocycles. The van der Waals surface area contributed by atoms with Gasteiger partial charge in [0.05, 0.1) is 5.56 Å². The highest BCUT2D eigenvalue weighted by Gasteiger charge is 2.24. The highest BCUT2D eigenvalue weighted by atomic mass is 19.1. The molecule has 1 aliphatic heterocycles. The third-order valence-electron chi connectivity index (χ3n) is 3.84. The lowest BCUT2D eigenvalue weighted by atomic mass is 9.88. The first-order valence-electron chi connectivity index (χ1n) is 6.69. The molecule has 0 radical (unpaired) electrons. The molecule has 1 saturated heterocycles. The minimum absolute atomic E-state index is 0.0445. The van der Waals surface area contributed by atoms with Gasteiger partial charge in [-0.15, -0.1) is 0 Å². The van der Waals surface area contributed by atoms with E-state index in [4.69, 9.17) is 0 Å². The molecule has 19 heavy (non-hydrogen) atoms. The largest absolute Gasteiger partial charge is 0.317 e. The van der Waals surface area contributed by atoms with Gasteiger partial charge in [0.1, 0.15) is 5.82 Å². The van der Waals surface area contributed by atoms with Gasteiger partial charge >= 0.3 is 0 Å². The quantitative estimate of drug-likeness (QED) is 0.837. The molecule has 0 aromatic heterocycles. The fraction of sp³-hybridized carbons (Fsp3) is 0.312. The van der Waals surface area contributed by atoms with Gasteiger partial charge in [-0.25, -0.2) is 4.39 Å². The van der Waals surface area contributed by atoms with Crippen LogP contribution >= 0.6 is 0 Å². The molecule has 0 unspecified atom stereocenters. The van der Waals surface area contributed by atoms with Crippen molar-refractivity contribution in [2.45, 2.75) is 12.8 Å². The third-order valence-corrected chi connectivity index (χ3v) is 3.84. The van der Waals surface area contributed by atoms with Gasteiger partial charge in [0, 0.05) is 11.3 Å². The van der Waals surface area contributed by atoms with Crippen molar-refractivity contribution in [2.24, 2.45) is 5.92 Å². The SMILES string of the molecule is O=C(c1ccc2ccccc2c1F)C1CCNCC1. The fourth-order valence-corrected chi connectivity index (χ4v) is 2.73. The maximum Gasteiger partial charge on any atom is 0.169 e. The predicted molar refractivity (Wildman–Crippen MR) is 73.8 cm³/mol. The molecule has 3 heteroatoms. The van der Waals surface area contributed by atoms with Crippen molar-refractivity contribution in [3.05, 3.63) is 47.8 Å². The van der Waals surface area contributed by atoms with Crippen molar-refractivity contribution in [3.63, 3.8) is 0 Å². The van der Waals surface area contributed by atoms with Crippen LogP contribution in [0, 0.1) is 11.7 Å². The summed E-state index contributed by atoms with van der Waals surface area (Å²) in [5, 5.41) is 4.58. The van der Waals surface area contributed by atoms with Gasteiger partial charge in [0.25, 0.3) is 0 Å². The maximum atomic E-state index is 14.4. The summed E-state index contributed by atoms with van der Waals surface area (Å²) in [4.78, 5) is 12.4. The van der Waals surface area contributed by atoms with E-state index < -0.39 is 0 Å². The molecule has 1 N–H and O–H groups in total. The zero-order valence-corrected chi connectivity index (χ0v) is 10.7. The Bertz CT molecular complexity index is 617.